The van der Waals surface area contributed by atoms with Crippen LogP contribution in [0, 0.1) is 0 Å². The van der Waals surface area contributed by atoms with Gasteiger partial charge in [0, 0.05) is 0 Å². The number of aliphatic imine (C=N–C) groups is 3. The minimum atomic E-state index is -1.83. The normalized spacial score (nSPS) is 13.8. The number of carboxylic acid groups (broad SMARTS) is 1. The van der Waals surface area contributed by atoms with Crippen LogP contribution in [0.2, 0.25) is 0 Å². The van der Waals surface area contributed by atoms with Gasteiger partial charge in [-0.3, -0.25) is 0 Å². The molecule has 0 aliphatic carbocycles. The molecule has 8 nitrogen and oxygen atoms in total. The second-order valence-corrected chi connectivity index (χ2v) is 4.01. The zero-order valence-corrected chi connectivity index (χ0v) is 11.0. The Balaban J connectivity index is 5.21. The quantitative estimate of drug-likeness (QED) is 0.359. The Hall–Kier alpha value is -2.39. The average Bonchev–Trinajstić information content (AvgIpc) is 2.43. The minimum Gasteiger partial charge on any atom is -0.479 e. The Morgan fingerprint density at radius 2 is 1.90 bits per heavy atom. The first-order valence-corrected chi connectivity index (χ1v) is 6.02. The topological polar surface area (TPSA) is 126 Å². The highest BCUT2D eigenvalue weighted by molar-refractivity contribution is 5.81. The summed E-state index contributed by atoms with van der Waals surface area (Å²) in [5.41, 5.74) is -1.83. The van der Waals surface area contributed by atoms with Gasteiger partial charge in [0.05, 0.1) is 12.6 Å². The van der Waals surface area contributed by atoms with E-state index >= 15 is 0 Å². The second-order valence-electron chi connectivity index (χ2n) is 4.01. The first-order chi connectivity index (χ1) is 9.58. The average molecular weight is 281 g/mol. The molecule has 0 saturated heterocycles. The molecule has 0 spiro atoms. The van der Waals surface area contributed by atoms with Crippen LogP contribution < -0.4 is 0 Å². The summed E-state index contributed by atoms with van der Waals surface area (Å²) < 4.78 is 0. The molecule has 0 aromatic heterocycles. The van der Waals surface area contributed by atoms with E-state index in [1.54, 1.807) is 6.92 Å². The van der Waals surface area contributed by atoms with Crippen LogP contribution in [0.1, 0.15) is 32.6 Å². The lowest BCUT2D eigenvalue weighted by molar-refractivity contribution is -0.144. The van der Waals surface area contributed by atoms with E-state index in [1.165, 1.54) is 18.2 Å². The molecule has 0 fully saturated rings. The van der Waals surface area contributed by atoms with Crippen LogP contribution in [0.3, 0.4) is 0 Å². The number of nitrogens with zero attached hydrogens (tertiary/aromatic N) is 3. The van der Waals surface area contributed by atoms with Crippen LogP contribution in [-0.2, 0) is 19.2 Å². The summed E-state index contributed by atoms with van der Waals surface area (Å²) >= 11 is 0. The number of rotatable bonds is 10. The van der Waals surface area contributed by atoms with E-state index in [2.05, 4.69) is 15.0 Å². The number of carbonyl (C=O) groups excluding carboxylic acids is 3. The molecule has 0 aliphatic rings. The number of hydrogen-bond donors (Lipinski definition) is 1. The van der Waals surface area contributed by atoms with Gasteiger partial charge >= 0.3 is 5.97 Å². The molecule has 0 aliphatic heterocycles. The van der Waals surface area contributed by atoms with Gasteiger partial charge in [-0.1, -0.05) is 6.92 Å². The van der Waals surface area contributed by atoms with Gasteiger partial charge in [-0.25, -0.2) is 24.2 Å². The Labute approximate surface area is 115 Å². The van der Waals surface area contributed by atoms with Crippen molar-refractivity contribution in [3.05, 3.63) is 0 Å². The van der Waals surface area contributed by atoms with Crippen molar-refractivity contribution in [3.8, 4) is 0 Å². The number of isocyanates is 3. The van der Waals surface area contributed by atoms with Crippen LogP contribution in [0.5, 0.6) is 0 Å². The number of aliphatic carboxylic acids is 1. The molecule has 0 bridgehead atoms. The van der Waals surface area contributed by atoms with E-state index in [9.17, 15) is 24.3 Å². The molecule has 0 aromatic rings. The SMILES string of the molecule is CCC(N=C=O)C(CCCCN=C=O)(N=C=O)C(=O)O. The Kier molecular flexibility index (Phi) is 8.39. The molecule has 0 amide bonds. The van der Waals surface area contributed by atoms with Crippen LogP contribution in [0.4, 0.5) is 0 Å². The third-order valence-corrected chi connectivity index (χ3v) is 2.90. The summed E-state index contributed by atoms with van der Waals surface area (Å²) in [5, 5.41) is 9.34. The fourth-order valence-electron chi connectivity index (χ4n) is 1.91. The first-order valence-electron chi connectivity index (χ1n) is 6.02. The van der Waals surface area contributed by atoms with Gasteiger partial charge in [0.15, 0.2) is 5.54 Å². The zero-order valence-electron chi connectivity index (χ0n) is 11.0. The fourth-order valence-corrected chi connectivity index (χ4v) is 1.91. The summed E-state index contributed by atoms with van der Waals surface area (Å²) in [7, 11) is 0. The molecule has 2 unspecified atom stereocenters. The van der Waals surface area contributed by atoms with Gasteiger partial charge in [-0.05, 0) is 25.7 Å². The van der Waals surface area contributed by atoms with Crippen molar-refractivity contribution in [2.75, 3.05) is 6.54 Å². The summed E-state index contributed by atoms with van der Waals surface area (Å²) in [6.45, 7) is 1.83. The summed E-state index contributed by atoms with van der Waals surface area (Å²) in [6, 6.07) is -0.992. The van der Waals surface area contributed by atoms with Gasteiger partial charge in [0.1, 0.15) is 0 Å². The van der Waals surface area contributed by atoms with Crippen molar-refractivity contribution in [1.82, 2.24) is 0 Å². The highest BCUT2D eigenvalue weighted by Gasteiger charge is 2.45. The maximum Gasteiger partial charge on any atom is 0.334 e. The molecule has 0 saturated carbocycles. The largest absolute Gasteiger partial charge is 0.479 e. The molecular weight excluding hydrogens is 266 g/mol. The molecule has 20 heavy (non-hydrogen) atoms. The smallest absolute Gasteiger partial charge is 0.334 e. The van der Waals surface area contributed by atoms with E-state index < -0.39 is 17.6 Å². The number of unbranched alkanes of at least 4 members (excludes halogenated alkanes) is 1. The molecule has 1 N–H and O–H groups in total. The first kappa shape index (κ1) is 17.6. The molecule has 108 valence electrons. The number of carbonyl (C=O) groups is 1. The summed E-state index contributed by atoms with van der Waals surface area (Å²) in [6.07, 6.45) is 4.86. The van der Waals surface area contributed by atoms with E-state index in [1.807, 2.05) is 0 Å². The van der Waals surface area contributed by atoms with Gasteiger partial charge in [0.2, 0.25) is 18.2 Å². The van der Waals surface area contributed by atoms with Crippen LogP contribution in [-0.4, -0.2) is 47.4 Å². The fraction of sp³-hybridized carbons (Fsp3) is 0.667. The molecule has 0 rings (SSSR count). The Morgan fingerprint density at radius 1 is 1.20 bits per heavy atom. The third-order valence-electron chi connectivity index (χ3n) is 2.90. The zero-order chi connectivity index (χ0) is 15.4. The lowest BCUT2D eigenvalue weighted by Crippen LogP contribution is -2.47. The maximum atomic E-state index is 11.5. The van der Waals surface area contributed by atoms with Crippen LogP contribution in [0.15, 0.2) is 15.0 Å². The highest BCUT2D eigenvalue weighted by atomic mass is 16.4. The number of carboxylic acids is 1. The third kappa shape index (κ3) is 4.71. The lowest BCUT2D eigenvalue weighted by atomic mass is 9.84. The van der Waals surface area contributed by atoms with E-state index in [0.717, 1.165) is 0 Å². The minimum absolute atomic E-state index is 0.0182. The summed E-state index contributed by atoms with van der Waals surface area (Å²) in [5.74, 6) is -1.36. The predicted octanol–water partition coefficient (Wildman–Crippen LogP) is 0.766. The molecule has 0 heterocycles. The van der Waals surface area contributed by atoms with Gasteiger partial charge in [-0.2, -0.15) is 9.98 Å². The molecule has 0 aromatic carbocycles. The van der Waals surface area contributed by atoms with Crippen molar-refractivity contribution in [3.63, 3.8) is 0 Å². The second kappa shape index (κ2) is 9.53. The van der Waals surface area contributed by atoms with Crippen molar-refractivity contribution in [2.45, 2.75) is 44.2 Å². The van der Waals surface area contributed by atoms with Crippen molar-refractivity contribution in [2.24, 2.45) is 15.0 Å². The highest BCUT2D eigenvalue weighted by Crippen LogP contribution is 2.28. The number of hydrogen-bond acceptors (Lipinski definition) is 7. The van der Waals surface area contributed by atoms with E-state index in [4.69, 9.17) is 0 Å². The van der Waals surface area contributed by atoms with E-state index in [0.29, 0.717) is 12.8 Å². The predicted molar refractivity (Wildman–Crippen MR) is 67.5 cm³/mol. The van der Waals surface area contributed by atoms with E-state index in [-0.39, 0.29) is 19.4 Å². The standard InChI is InChI=1S/C12H15N3O5/c1-2-10(14-8-17)12(11(19)20,15-9-18)5-3-4-6-13-7-16/h10H,2-6H2,1H3,(H,19,20). The summed E-state index contributed by atoms with van der Waals surface area (Å²) in [4.78, 5) is 52.4. The Morgan fingerprint density at radius 3 is 2.35 bits per heavy atom. The Bertz CT molecular complexity index is 469. The lowest BCUT2D eigenvalue weighted by Gasteiger charge is -2.28. The maximum absolute atomic E-state index is 11.5. The monoisotopic (exact) mass is 281 g/mol. The van der Waals surface area contributed by atoms with Gasteiger partial charge in [0.25, 0.3) is 0 Å². The van der Waals surface area contributed by atoms with Crippen molar-refractivity contribution < 1.29 is 24.3 Å². The van der Waals surface area contributed by atoms with Gasteiger partial charge < -0.3 is 5.11 Å². The van der Waals surface area contributed by atoms with Crippen LogP contribution in [0.25, 0.3) is 0 Å². The van der Waals surface area contributed by atoms with Crippen molar-refractivity contribution in [1.29, 1.82) is 0 Å². The van der Waals surface area contributed by atoms with Crippen molar-refractivity contribution >= 4 is 24.2 Å². The molecular formula is C12H15N3O5. The molecule has 2 atom stereocenters. The van der Waals surface area contributed by atoms with Gasteiger partial charge in [-0.15, -0.1) is 0 Å². The molecule has 8 heteroatoms. The molecule has 0 radical (unpaired) electrons. The van der Waals surface area contributed by atoms with Crippen LogP contribution >= 0.6 is 0 Å².